The van der Waals surface area contributed by atoms with Crippen molar-refractivity contribution < 1.29 is 22.3 Å². The molecule has 4 rings (SSSR count). The molecule has 2 aromatic carbocycles. The Hall–Kier alpha value is -2.75. The second-order valence-electron chi connectivity index (χ2n) is 7.57. The lowest BCUT2D eigenvalue weighted by Crippen LogP contribution is -2.37. The highest BCUT2D eigenvalue weighted by molar-refractivity contribution is 7.94. The van der Waals surface area contributed by atoms with Gasteiger partial charge in [0.25, 0.3) is 15.9 Å². The Bertz CT molecular complexity index is 1180. The second-order valence-corrected chi connectivity index (χ2v) is 10.4. The largest absolute Gasteiger partial charge is 0.376 e. The number of carbonyl (C=O) groups is 1. The van der Waals surface area contributed by atoms with Crippen LogP contribution in [0.1, 0.15) is 28.8 Å². The zero-order valence-corrected chi connectivity index (χ0v) is 18.9. The maximum atomic E-state index is 13.7. The first-order chi connectivity index (χ1) is 15.4. The lowest BCUT2D eigenvalue weighted by Gasteiger charge is -2.26. The Morgan fingerprint density at radius 1 is 1.16 bits per heavy atom. The van der Waals surface area contributed by atoms with E-state index in [1.165, 1.54) is 24.3 Å². The van der Waals surface area contributed by atoms with Crippen molar-refractivity contribution in [2.45, 2.75) is 29.7 Å². The van der Waals surface area contributed by atoms with Crippen molar-refractivity contribution in [1.82, 2.24) is 4.90 Å². The normalized spacial score (nSPS) is 16.1. The van der Waals surface area contributed by atoms with E-state index >= 15 is 0 Å². The number of thiophene rings is 1. The molecule has 1 amide bonds. The first kappa shape index (κ1) is 22.4. The molecule has 0 aliphatic carbocycles. The van der Waals surface area contributed by atoms with E-state index in [0.717, 1.165) is 24.2 Å². The lowest BCUT2D eigenvalue weighted by atomic mass is 10.1. The number of anilines is 1. The molecule has 1 aromatic heterocycles. The van der Waals surface area contributed by atoms with E-state index < -0.39 is 10.0 Å². The highest BCUT2D eigenvalue weighted by atomic mass is 32.2. The van der Waals surface area contributed by atoms with Gasteiger partial charge in [-0.15, -0.1) is 11.3 Å². The summed E-state index contributed by atoms with van der Waals surface area (Å²) in [5.41, 5.74) is 1.31. The zero-order chi connectivity index (χ0) is 22.6. The van der Waals surface area contributed by atoms with Crippen molar-refractivity contribution in [1.29, 1.82) is 0 Å². The summed E-state index contributed by atoms with van der Waals surface area (Å²) >= 11 is 1.11. The maximum absolute atomic E-state index is 13.7. The molecule has 9 heteroatoms. The minimum absolute atomic E-state index is 0.0759. The number of nitrogens with zero attached hydrogens (tertiary/aromatic N) is 1. The monoisotopic (exact) mass is 474 g/mol. The Labute approximate surface area is 190 Å². The highest BCUT2D eigenvalue weighted by Crippen LogP contribution is 2.23. The summed E-state index contributed by atoms with van der Waals surface area (Å²) in [6, 6.07) is 15.7. The van der Waals surface area contributed by atoms with Gasteiger partial charge in [-0.2, -0.15) is 0 Å². The molecule has 32 heavy (non-hydrogen) atoms. The Morgan fingerprint density at radius 2 is 2.00 bits per heavy atom. The van der Waals surface area contributed by atoms with Crippen molar-refractivity contribution in [2.75, 3.05) is 17.9 Å². The topological polar surface area (TPSA) is 75.7 Å². The quantitative estimate of drug-likeness (QED) is 0.521. The molecule has 1 atom stereocenters. The molecule has 3 aromatic rings. The molecule has 0 radical (unpaired) electrons. The van der Waals surface area contributed by atoms with Crippen molar-refractivity contribution in [3.63, 3.8) is 0 Å². The summed E-state index contributed by atoms with van der Waals surface area (Å²) in [5.74, 6) is -0.640. The second kappa shape index (κ2) is 9.81. The van der Waals surface area contributed by atoms with Crippen LogP contribution in [-0.2, 0) is 21.3 Å². The molecule has 1 aliphatic rings. The molecular weight excluding hydrogens is 451 g/mol. The predicted octanol–water partition coefficient (Wildman–Crippen LogP) is 4.51. The van der Waals surface area contributed by atoms with Gasteiger partial charge < -0.3 is 9.64 Å². The van der Waals surface area contributed by atoms with E-state index in [9.17, 15) is 17.6 Å². The van der Waals surface area contributed by atoms with Crippen LogP contribution in [0.4, 0.5) is 10.1 Å². The van der Waals surface area contributed by atoms with Crippen molar-refractivity contribution in [3.8, 4) is 0 Å². The van der Waals surface area contributed by atoms with Gasteiger partial charge in [0.15, 0.2) is 0 Å². The van der Waals surface area contributed by atoms with E-state index in [4.69, 9.17) is 4.74 Å². The van der Waals surface area contributed by atoms with Crippen LogP contribution in [0.2, 0.25) is 0 Å². The van der Waals surface area contributed by atoms with Crippen LogP contribution in [0.15, 0.2) is 70.3 Å². The molecule has 1 fully saturated rings. The van der Waals surface area contributed by atoms with E-state index in [0.29, 0.717) is 30.0 Å². The molecule has 1 aliphatic heterocycles. The number of sulfonamides is 1. The van der Waals surface area contributed by atoms with Gasteiger partial charge in [-0.1, -0.05) is 24.3 Å². The van der Waals surface area contributed by atoms with Crippen LogP contribution >= 0.6 is 11.3 Å². The average molecular weight is 475 g/mol. The van der Waals surface area contributed by atoms with E-state index in [1.54, 1.807) is 46.7 Å². The van der Waals surface area contributed by atoms with Crippen LogP contribution < -0.4 is 4.72 Å². The predicted molar refractivity (Wildman–Crippen MR) is 122 cm³/mol. The summed E-state index contributed by atoms with van der Waals surface area (Å²) < 4.78 is 47.2. The third-order valence-electron chi connectivity index (χ3n) is 5.12. The lowest BCUT2D eigenvalue weighted by molar-refractivity contribution is 0.0507. The number of ether oxygens (including phenoxy) is 1. The van der Waals surface area contributed by atoms with Crippen molar-refractivity contribution in [2.24, 2.45) is 0 Å². The Kier molecular flexibility index (Phi) is 6.88. The molecule has 0 saturated carbocycles. The molecule has 2 heterocycles. The molecule has 1 N–H and O–H groups in total. The van der Waals surface area contributed by atoms with Crippen LogP contribution in [0, 0.1) is 5.82 Å². The van der Waals surface area contributed by atoms with Crippen LogP contribution in [0.3, 0.4) is 0 Å². The summed E-state index contributed by atoms with van der Waals surface area (Å²) in [6.07, 6.45) is 1.72. The standard InChI is InChI=1S/C23H23FN2O4S2/c24-19-7-1-5-17(13-19)15-26(16-21-9-3-11-30-21)23(27)18-6-2-8-20(14-18)25-32(28,29)22-10-4-12-31-22/h1-2,4-8,10,12-14,21,25H,3,9,11,15-16H2. The highest BCUT2D eigenvalue weighted by Gasteiger charge is 2.24. The molecule has 168 valence electrons. The van der Waals surface area contributed by atoms with Crippen LogP contribution in [0.25, 0.3) is 0 Å². The third kappa shape index (κ3) is 5.53. The Balaban J connectivity index is 1.56. The number of carbonyl (C=O) groups excluding carboxylic acids is 1. The number of hydrogen-bond acceptors (Lipinski definition) is 5. The number of nitrogens with one attached hydrogen (secondary N) is 1. The number of rotatable bonds is 8. The summed E-state index contributed by atoms with van der Waals surface area (Å²) in [6.45, 7) is 1.26. The Morgan fingerprint density at radius 3 is 2.72 bits per heavy atom. The first-order valence-corrected chi connectivity index (χ1v) is 12.6. The smallest absolute Gasteiger partial charge is 0.271 e. The molecule has 0 spiro atoms. The average Bonchev–Trinajstić information content (AvgIpc) is 3.47. The van der Waals surface area contributed by atoms with Gasteiger partial charge >= 0.3 is 0 Å². The van der Waals surface area contributed by atoms with Gasteiger partial charge in [0, 0.05) is 30.9 Å². The van der Waals surface area contributed by atoms with E-state index in [1.807, 2.05) is 0 Å². The SMILES string of the molecule is O=C(c1cccc(NS(=O)(=O)c2cccs2)c1)N(Cc1cccc(F)c1)CC1CCCO1. The molecule has 0 bridgehead atoms. The van der Waals surface area contributed by atoms with Gasteiger partial charge in [-0.05, 0) is 60.2 Å². The van der Waals surface area contributed by atoms with Gasteiger partial charge in [0.1, 0.15) is 10.0 Å². The van der Waals surface area contributed by atoms with Gasteiger partial charge in [-0.25, -0.2) is 12.8 Å². The van der Waals surface area contributed by atoms with Gasteiger partial charge in [0.05, 0.1) is 6.10 Å². The van der Waals surface area contributed by atoms with Crippen LogP contribution in [-0.4, -0.2) is 38.5 Å². The number of benzene rings is 2. The van der Waals surface area contributed by atoms with Crippen molar-refractivity contribution >= 4 is 33.0 Å². The molecule has 1 saturated heterocycles. The van der Waals surface area contributed by atoms with E-state index in [-0.39, 0.29) is 28.6 Å². The minimum Gasteiger partial charge on any atom is -0.376 e. The first-order valence-electron chi connectivity index (χ1n) is 10.2. The molecular formula is C23H23FN2O4S2. The van der Waals surface area contributed by atoms with Gasteiger partial charge in [-0.3, -0.25) is 9.52 Å². The fourth-order valence-electron chi connectivity index (χ4n) is 3.63. The zero-order valence-electron chi connectivity index (χ0n) is 17.2. The van der Waals surface area contributed by atoms with Crippen molar-refractivity contribution in [3.05, 3.63) is 83.0 Å². The summed E-state index contributed by atoms with van der Waals surface area (Å²) in [5, 5.41) is 1.68. The number of hydrogen-bond donors (Lipinski definition) is 1. The fourth-order valence-corrected chi connectivity index (χ4v) is 5.67. The molecule has 6 nitrogen and oxygen atoms in total. The third-order valence-corrected chi connectivity index (χ3v) is 7.90. The maximum Gasteiger partial charge on any atom is 0.271 e. The number of halogens is 1. The number of amides is 1. The summed E-state index contributed by atoms with van der Waals surface area (Å²) in [4.78, 5) is 15.0. The summed E-state index contributed by atoms with van der Waals surface area (Å²) in [7, 11) is -3.72. The fraction of sp³-hybridized carbons (Fsp3) is 0.261. The minimum atomic E-state index is -3.72. The van der Waals surface area contributed by atoms with Crippen LogP contribution in [0.5, 0.6) is 0 Å². The van der Waals surface area contributed by atoms with E-state index in [2.05, 4.69) is 4.72 Å². The molecule has 1 unspecified atom stereocenters. The van der Waals surface area contributed by atoms with Gasteiger partial charge in [0.2, 0.25) is 0 Å².